The monoisotopic (exact) mass is 359 g/mol. The molecule has 0 bridgehead atoms. The topological polar surface area (TPSA) is 103 Å². The number of carbonyl (C=O) groups is 1. The first-order valence-corrected chi connectivity index (χ1v) is 8.86. The molecule has 0 unspecified atom stereocenters. The number of hydrogen-bond donors (Lipinski definition) is 0. The van der Waals surface area contributed by atoms with E-state index in [-0.39, 0.29) is 17.7 Å². The molecule has 0 saturated carbocycles. The van der Waals surface area contributed by atoms with Crippen LogP contribution in [0.5, 0.6) is 0 Å². The van der Waals surface area contributed by atoms with Gasteiger partial charge in [-0.15, -0.1) is 0 Å². The van der Waals surface area contributed by atoms with E-state index in [1.54, 1.807) is 25.7 Å². The van der Waals surface area contributed by atoms with Crippen LogP contribution in [-0.4, -0.2) is 43.4 Å². The zero-order valence-electron chi connectivity index (χ0n) is 15.1. The maximum atomic E-state index is 12.9. The van der Waals surface area contributed by atoms with E-state index in [1.165, 1.54) is 9.25 Å². The number of hydrogen-bond acceptors (Lipinski definition) is 6. The molecule has 2 aromatic heterocycles. The summed E-state index contributed by atoms with van der Waals surface area (Å²) in [6.07, 6.45) is 0.767. The SMILES string of the molecule is CCn1nc2n(c(=O)c1=O)C[C@H]1CCN(C(=O)c3c(C)noc3C)C[C@H]21. The van der Waals surface area contributed by atoms with Gasteiger partial charge in [0.15, 0.2) is 0 Å². The van der Waals surface area contributed by atoms with Gasteiger partial charge < -0.3 is 9.42 Å². The van der Waals surface area contributed by atoms with Crippen molar-refractivity contribution in [2.24, 2.45) is 5.92 Å². The second-order valence-electron chi connectivity index (χ2n) is 7.00. The van der Waals surface area contributed by atoms with Crippen molar-refractivity contribution in [1.29, 1.82) is 0 Å². The van der Waals surface area contributed by atoms with Crippen molar-refractivity contribution >= 4 is 5.91 Å². The van der Waals surface area contributed by atoms with E-state index >= 15 is 0 Å². The standard InChI is InChI=1S/C17H21N5O4/c1-4-22-17(25)16(24)21-7-11-5-6-20(8-12(11)14(21)18-22)15(23)13-9(2)19-26-10(13)3/h11-12H,4-8H2,1-3H3/t11-,12+/m1/s1. The second kappa shape index (κ2) is 5.93. The zero-order chi connectivity index (χ0) is 18.6. The lowest BCUT2D eigenvalue weighted by atomic mass is 9.87. The van der Waals surface area contributed by atoms with Gasteiger partial charge in [0.2, 0.25) is 0 Å². The summed E-state index contributed by atoms with van der Waals surface area (Å²) in [7, 11) is 0. The molecule has 1 amide bonds. The molecule has 0 radical (unpaired) electrons. The van der Waals surface area contributed by atoms with Gasteiger partial charge in [-0.25, -0.2) is 4.68 Å². The zero-order valence-corrected chi connectivity index (χ0v) is 15.1. The Hall–Kier alpha value is -2.71. The largest absolute Gasteiger partial charge is 0.361 e. The first-order valence-electron chi connectivity index (χ1n) is 8.86. The van der Waals surface area contributed by atoms with Crippen molar-refractivity contribution in [3.8, 4) is 0 Å². The Morgan fingerprint density at radius 2 is 2.00 bits per heavy atom. The van der Waals surface area contributed by atoms with Crippen LogP contribution in [0.1, 0.15) is 46.9 Å². The fraction of sp³-hybridized carbons (Fsp3) is 0.588. The minimum atomic E-state index is -0.585. The molecule has 4 rings (SSSR count). The molecule has 2 aromatic rings. The van der Waals surface area contributed by atoms with E-state index in [1.807, 2.05) is 0 Å². The van der Waals surface area contributed by atoms with Gasteiger partial charge in [0.25, 0.3) is 5.91 Å². The fourth-order valence-corrected chi connectivity index (χ4v) is 4.10. The van der Waals surface area contributed by atoms with Crippen LogP contribution in [0.3, 0.4) is 0 Å². The maximum absolute atomic E-state index is 12.9. The third kappa shape index (κ3) is 2.33. The van der Waals surface area contributed by atoms with E-state index in [2.05, 4.69) is 10.3 Å². The van der Waals surface area contributed by atoms with Crippen LogP contribution < -0.4 is 11.1 Å². The average molecular weight is 359 g/mol. The van der Waals surface area contributed by atoms with Crippen molar-refractivity contribution in [3.05, 3.63) is 43.5 Å². The van der Waals surface area contributed by atoms with E-state index in [9.17, 15) is 14.4 Å². The Bertz CT molecular complexity index is 982. The number of aryl methyl sites for hydroxylation is 3. The van der Waals surface area contributed by atoms with Crippen LogP contribution >= 0.6 is 0 Å². The molecule has 9 heteroatoms. The van der Waals surface area contributed by atoms with Crippen molar-refractivity contribution in [1.82, 2.24) is 24.4 Å². The Labute approximate surface area is 149 Å². The summed E-state index contributed by atoms with van der Waals surface area (Å²) in [6.45, 7) is 7.19. The Morgan fingerprint density at radius 1 is 1.23 bits per heavy atom. The summed E-state index contributed by atoms with van der Waals surface area (Å²) in [6, 6.07) is 0. The number of piperidine rings is 1. The molecule has 138 valence electrons. The van der Waals surface area contributed by atoms with Gasteiger partial charge in [-0.1, -0.05) is 5.16 Å². The predicted molar refractivity (Wildman–Crippen MR) is 91.2 cm³/mol. The molecule has 2 aliphatic rings. The first-order chi connectivity index (χ1) is 12.4. The minimum Gasteiger partial charge on any atom is -0.361 e. The number of nitrogens with zero attached hydrogens (tertiary/aromatic N) is 5. The van der Waals surface area contributed by atoms with Crippen molar-refractivity contribution < 1.29 is 9.32 Å². The normalized spacial score (nSPS) is 21.6. The van der Waals surface area contributed by atoms with Gasteiger partial charge in [0.05, 0.1) is 5.69 Å². The number of rotatable bonds is 2. The molecule has 2 atom stereocenters. The van der Waals surface area contributed by atoms with E-state index in [0.29, 0.717) is 49.0 Å². The van der Waals surface area contributed by atoms with Crippen LogP contribution in [0.4, 0.5) is 0 Å². The minimum absolute atomic E-state index is 0.0423. The third-order valence-electron chi connectivity index (χ3n) is 5.50. The summed E-state index contributed by atoms with van der Waals surface area (Å²) in [5.74, 6) is 1.19. The summed E-state index contributed by atoms with van der Waals surface area (Å²) in [4.78, 5) is 39.1. The smallest absolute Gasteiger partial charge is 0.332 e. The van der Waals surface area contributed by atoms with Gasteiger partial charge >= 0.3 is 11.1 Å². The van der Waals surface area contributed by atoms with Crippen LogP contribution in [0.15, 0.2) is 14.1 Å². The average Bonchev–Trinajstić information content (AvgIpc) is 3.17. The molecule has 0 N–H and O–H groups in total. The molecular formula is C17H21N5O4. The van der Waals surface area contributed by atoms with Crippen molar-refractivity contribution in [2.45, 2.75) is 46.2 Å². The fourth-order valence-electron chi connectivity index (χ4n) is 4.10. The van der Waals surface area contributed by atoms with Crippen LogP contribution in [-0.2, 0) is 13.1 Å². The molecule has 1 fully saturated rings. The van der Waals surface area contributed by atoms with Gasteiger partial charge in [-0.05, 0) is 33.1 Å². The lowest BCUT2D eigenvalue weighted by Gasteiger charge is -2.34. The van der Waals surface area contributed by atoms with E-state index in [4.69, 9.17) is 4.52 Å². The third-order valence-corrected chi connectivity index (χ3v) is 5.50. The lowest BCUT2D eigenvalue weighted by Crippen LogP contribution is -2.44. The van der Waals surface area contributed by atoms with Crippen LogP contribution in [0, 0.1) is 19.8 Å². The molecule has 0 aromatic carbocycles. The molecular weight excluding hydrogens is 338 g/mol. The predicted octanol–water partition coefficient (Wildman–Crippen LogP) is 0.289. The molecule has 0 aliphatic carbocycles. The molecule has 1 saturated heterocycles. The molecule has 26 heavy (non-hydrogen) atoms. The summed E-state index contributed by atoms with van der Waals surface area (Å²) in [5, 5.41) is 8.27. The second-order valence-corrected chi connectivity index (χ2v) is 7.00. The molecule has 0 spiro atoms. The van der Waals surface area contributed by atoms with E-state index < -0.39 is 11.1 Å². The number of amides is 1. The molecule has 2 aliphatic heterocycles. The molecule has 9 nitrogen and oxygen atoms in total. The summed E-state index contributed by atoms with van der Waals surface area (Å²) >= 11 is 0. The van der Waals surface area contributed by atoms with Crippen LogP contribution in [0.25, 0.3) is 0 Å². The number of fused-ring (bicyclic) bond motifs is 3. The number of carbonyl (C=O) groups excluding carboxylic acids is 1. The van der Waals surface area contributed by atoms with Crippen LogP contribution in [0.2, 0.25) is 0 Å². The highest BCUT2D eigenvalue weighted by Gasteiger charge is 2.41. The lowest BCUT2D eigenvalue weighted by molar-refractivity contribution is 0.0665. The van der Waals surface area contributed by atoms with Gasteiger partial charge in [0, 0.05) is 32.1 Å². The van der Waals surface area contributed by atoms with E-state index in [0.717, 1.165) is 6.42 Å². The number of likely N-dealkylation sites (tertiary alicyclic amines) is 1. The van der Waals surface area contributed by atoms with Gasteiger partial charge in [-0.3, -0.25) is 19.0 Å². The molecule has 4 heterocycles. The van der Waals surface area contributed by atoms with Gasteiger partial charge in [-0.2, -0.15) is 5.10 Å². The summed E-state index contributed by atoms with van der Waals surface area (Å²) in [5.41, 5.74) is -0.0191. The Balaban J connectivity index is 1.68. The van der Waals surface area contributed by atoms with Gasteiger partial charge in [0.1, 0.15) is 17.1 Å². The van der Waals surface area contributed by atoms with Crippen molar-refractivity contribution in [2.75, 3.05) is 13.1 Å². The highest BCUT2D eigenvalue weighted by molar-refractivity contribution is 5.96. The number of aromatic nitrogens is 4. The quantitative estimate of drug-likeness (QED) is 0.714. The Morgan fingerprint density at radius 3 is 2.65 bits per heavy atom. The maximum Gasteiger partial charge on any atom is 0.332 e. The first kappa shape index (κ1) is 16.7. The summed E-state index contributed by atoms with van der Waals surface area (Å²) < 4.78 is 7.82. The van der Waals surface area contributed by atoms with Crippen molar-refractivity contribution in [3.63, 3.8) is 0 Å². The highest BCUT2D eigenvalue weighted by atomic mass is 16.5. The Kier molecular flexibility index (Phi) is 3.82. The highest BCUT2D eigenvalue weighted by Crippen LogP contribution is 2.37.